The Balaban J connectivity index is 2.02. The van der Waals surface area contributed by atoms with Crippen LogP contribution in [-0.4, -0.2) is 28.9 Å². The highest BCUT2D eigenvalue weighted by Crippen LogP contribution is 2.25. The van der Waals surface area contributed by atoms with Gasteiger partial charge in [-0.05, 0) is 32.0 Å². The highest BCUT2D eigenvalue weighted by Gasteiger charge is 2.18. The fourth-order valence-corrected chi connectivity index (χ4v) is 2.24. The minimum Gasteiger partial charge on any atom is -0.482 e. The quantitative estimate of drug-likeness (QED) is 0.704. The maximum atomic E-state index is 13.0. The zero-order chi connectivity index (χ0) is 17.7. The molecule has 24 heavy (non-hydrogen) atoms. The Labute approximate surface area is 144 Å². The predicted octanol–water partition coefficient (Wildman–Crippen LogP) is 4.08. The fourth-order valence-electron chi connectivity index (χ4n) is 2.02. The van der Waals surface area contributed by atoms with E-state index in [-0.39, 0.29) is 29.1 Å². The lowest BCUT2D eigenvalue weighted by Gasteiger charge is -2.19. The Bertz CT molecular complexity index is 745. The molecule has 2 aromatic rings. The van der Waals surface area contributed by atoms with Crippen molar-refractivity contribution in [1.82, 2.24) is 9.88 Å². The number of ether oxygens (including phenoxy) is 1. The van der Waals surface area contributed by atoms with Crippen LogP contribution in [0.4, 0.5) is 4.39 Å². The van der Waals surface area contributed by atoms with E-state index in [1.807, 2.05) is 13.8 Å². The monoisotopic (exact) mass is 352 g/mol. The van der Waals surface area contributed by atoms with Gasteiger partial charge in [-0.1, -0.05) is 23.8 Å². The lowest BCUT2D eigenvalue weighted by atomic mass is 10.3. The van der Waals surface area contributed by atoms with Crippen molar-refractivity contribution in [3.05, 3.63) is 59.0 Å². The van der Waals surface area contributed by atoms with Crippen molar-refractivity contribution in [3.8, 4) is 5.75 Å². The third-order valence-electron chi connectivity index (χ3n) is 3.15. The number of carbonyl (C=O) groups excluding carboxylic acids is 1. The summed E-state index contributed by atoms with van der Waals surface area (Å²) < 4.78 is 23.7. The molecule has 1 heterocycles. The molecule has 1 aromatic heterocycles. The highest BCUT2D eigenvalue weighted by atomic mass is 35.5. The number of hydrogen-bond donors (Lipinski definition) is 0. The van der Waals surface area contributed by atoms with E-state index in [0.29, 0.717) is 18.8 Å². The number of carbonyl (C=O) groups is 1. The molecule has 0 atom stereocenters. The molecule has 0 aliphatic carbocycles. The standard InChI is InChI=1S/C17H18ClFN2O3/c1-4-21(8-11(2)3)17(22)14-9-24-16(20-14)10-23-15-6-5-12(19)7-13(15)18/h5-7,9H,2,4,8,10H2,1,3H3. The van der Waals surface area contributed by atoms with Crippen LogP contribution < -0.4 is 4.74 Å². The van der Waals surface area contributed by atoms with Crippen molar-refractivity contribution >= 4 is 17.5 Å². The van der Waals surface area contributed by atoms with E-state index in [2.05, 4.69) is 11.6 Å². The van der Waals surface area contributed by atoms with E-state index in [4.69, 9.17) is 20.8 Å². The summed E-state index contributed by atoms with van der Waals surface area (Å²) in [6.45, 7) is 8.51. The number of oxazole rings is 1. The largest absolute Gasteiger partial charge is 0.482 e. The van der Waals surface area contributed by atoms with Crippen LogP contribution in [-0.2, 0) is 6.61 Å². The topological polar surface area (TPSA) is 55.6 Å². The van der Waals surface area contributed by atoms with Gasteiger partial charge in [0.25, 0.3) is 5.91 Å². The molecule has 0 saturated carbocycles. The molecule has 0 fully saturated rings. The van der Waals surface area contributed by atoms with Crippen LogP contribution in [0.3, 0.4) is 0 Å². The summed E-state index contributed by atoms with van der Waals surface area (Å²) in [6, 6.07) is 3.80. The summed E-state index contributed by atoms with van der Waals surface area (Å²) in [6.07, 6.45) is 1.29. The molecule has 2 rings (SSSR count). The number of amides is 1. The van der Waals surface area contributed by atoms with Crippen LogP contribution in [0.15, 0.2) is 41.0 Å². The normalized spacial score (nSPS) is 10.5. The number of aromatic nitrogens is 1. The Morgan fingerprint density at radius 3 is 2.88 bits per heavy atom. The zero-order valence-corrected chi connectivity index (χ0v) is 14.3. The number of hydrogen-bond acceptors (Lipinski definition) is 4. The smallest absolute Gasteiger partial charge is 0.276 e. The first-order valence-corrected chi connectivity index (χ1v) is 7.74. The Morgan fingerprint density at radius 1 is 1.50 bits per heavy atom. The summed E-state index contributed by atoms with van der Waals surface area (Å²) in [5.74, 6) is -0.157. The van der Waals surface area contributed by atoms with Gasteiger partial charge in [0.1, 0.15) is 17.8 Å². The summed E-state index contributed by atoms with van der Waals surface area (Å²) in [4.78, 5) is 18.1. The van der Waals surface area contributed by atoms with Gasteiger partial charge in [-0.15, -0.1) is 0 Å². The molecular weight excluding hydrogens is 335 g/mol. The van der Waals surface area contributed by atoms with Gasteiger partial charge < -0.3 is 14.1 Å². The van der Waals surface area contributed by atoms with Crippen LogP contribution >= 0.6 is 11.6 Å². The number of benzene rings is 1. The maximum absolute atomic E-state index is 13.0. The Hall–Kier alpha value is -2.34. The van der Waals surface area contributed by atoms with E-state index in [1.165, 1.54) is 18.4 Å². The molecule has 7 heteroatoms. The summed E-state index contributed by atoms with van der Waals surface area (Å²) in [7, 11) is 0. The molecular formula is C17H18ClFN2O3. The summed E-state index contributed by atoms with van der Waals surface area (Å²) in [5.41, 5.74) is 1.07. The minimum atomic E-state index is -0.450. The molecule has 1 aromatic carbocycles. The SMILES string of the molecule is C=C(C)CN(CC)C(=O)c1coc(COc2ccc(F)cc2Cl)n1. The first-order valence-electron chi connectivity index (χ1n) is 7.36. The average Bonchev–Trinajstić information content (AvgIpc) is 3.00. The van der Waals surface area contributed by atoms with Crippen molar-refractivity contribution in [2.45, 2.75) is 20.5 Å². The van der Waals surface area contributed by atoms with Gasteiger partial charge in [0.05, 0.1) is 5.02 Å². The van der Waals surface area contributed by atoms with E-state index < -0.39 is 5.82 Å². The Morgan fingerprint density at radius 2 is 2.25 bits per heavy atom. The number of likely N-dealkylation sites (N-methyl/N-ethyl adjacent to an activating group) is 1. The van der Waals surface area contributed by atoms with Gasteiger partial charge in [-0.3, -0.25) is 4.79 Å². The second-order valence-electron chi connectivity index (χ2n) is 5.27. The fraction of sp³-hybridized carbons (Fsp3) is 0.294. The van der Waals surface area contributed by atoms with Crippen LogP contribution in [0.2, 0.25) is 5.02 Å². The van der Waals surface area contributed by atoms with Gasteiger partial charge >= 0.3 is 0 Å². The third kappa shape index (κ3) is 4.58. The second kappa shape index (κ2) is 7.97. The number of nitrogens with zero attached hydrogens (tertiary/aromatic N) is 2. The Kier molecular flexibility index (Phi) is 5.98. The van der Waals surface area contributed by atoms with E-state index in [9.17, 15) is 9.18 Å². The van der Waals surface area contributed by atoms with Crippen LogP contribution in [0, 0.1) is 5.82 Å². The van der Waals surface area contributed by atoms with Gasteiger partial charge in [0.2, 0.25) is 5.89 Å². The first-order chi connectivity index (χ1) is 11.4. The molecule has 0 N–H and O–H groups in total. The van der Waals surface area contributed by atoms with Gasteiger partial charge in [-0.25, -0.2) is 9.37 Å². The molecule has 128 valence electrons. The molecule has 5 nitrogen and oxygen atoms in total. The molecule has 0 aliphatic rings. The van der Waals surface area contributed by atoms with Gasteiger partial charge in [0.15, 0.2) is 12.3 Å². The van der Waals surface area contributed by atoms with E-state index in [1.54, 1.807) is 4.90 Å². The molecule has 0 bridgehead atoms. The van der Waals surface area contributed by atoms with Gasteiger partial charge in [-0.2, -0.15) is 0 Å². The van der Waals surface area contributed by atoms with Crippen LogP contribution in [0.1, 0.15) is 30.2 Å². The van der Waals surface area contributed by atoms with E-state index >= 15 is 0 Å². The number of halogens is 2. The minimum absolute atomic E-state index is 0.0226. The van der Waals surface area contributed by atoms with Crippen LogP contribution in [0.25, 0.3) is 0 Å². The molecule has 0 unspecified atom stereocenters. The molecule has 0 radical (unpaired) electrons. The summed E-state index contributed by atoms with van der Waals surface area (Å²) in [5, 5.41) is 0.150. The number of rotatable bonds is 7. The van der Waals surface area contributed by atoms with Crippen molar-refractivity contribution in [2.24, 2.45) is 0 Å². The van der Waals surface area contributed by atoms with Gasteiger partial charge in [0, 0.05) is 13.1 Å². The molecule has 1 amide bonds. The lowest BCUT2D eigenvalue weighted by molar-refractivity contribution is 0.0772. The summed E-state index contributed by atoms with van der Waals surface area (Å²) >= 11 is 5.88. The zero-order valence-electron chi connectivity index (χ0n) is 13.5. The van der Waals surface area contributed by atoms with Crippen molar-refractivity contribution in [3.63, 3.8) is 0 Å². The maximum Gasteiger partial charge on any atom is 0.276 e. The highest BCUT2D eigenvalue weighted by molar-refractivity contribution is 6.32. The average molecular weight is 353 g/mol. The third-order valence-corrected chi connectivity index (χ3v) is 3.44. The molecule has 0 spiro atoms. The first kappa shape index (κ1) is 18.0. The van der Waals surface area contributed by atoms with Crippen LogP contribution in [0.5, 0.6) is 5.75 Å². The lowest BCUT2D eigenvalue weighted by Crippen LogP contribution is -2.32. The predicted molar refractivity (Wildman–Crippen MR) is 88.6 cm³/mol. The van der Waals surface area contributed by atoms with Crippen molar-refractivity contribution in [2.75, 3.05) is 13.1 Å². The molecule has 0 aliphatic heterocycles. The van der Waals surface area contributed by atoms with Crippen molar-refractivity contribution in [1.29, 1.82) is 0 Å². The molecule has 0 saturated heterocycles. The van der Waals surface area contributed by atoms with E-state index in [0.717, 1.165) is 11.6 Å². The van der Waals surface area contributed by atoms with Crippen molar-refractivity contribution < 1.29 is 18.3 Å². The second-order valence-corrected chi connectivity index (χ2v) is 5.67.